The number of aryl methyl sites for hydroxylation is 1. The molecule has 0 fully saturated rings. The second-order valence-corrected chi connectivity index (χ2v) is 3.77. The molecule has 0 aliphatic rings. The van der Waals surface area contributed by atoms with Gasteiger partial charge in [-0.15, -0.1) is 0 Å². The average Bonchev–Trinajstić information content (AvgIpc) is 2.71. The van der Waals surface area contributed by atoms with E-state index in [0.29, 0.717) is 0 Å². The highest BCUT2D eigenvalue weighted by atomic mass is 16.5. The number of carbonyl (C=O) groups is 1. The molecule has 2 rings (SSSR count). The Morgan fingerprint density at radius 3 is 2.88 bits per heavy atom. The van der Waals surface area contributed by atoms with E-state index in [1.54, 1.807) is 0 Å². The quantitative estimate of drug-likeness (QED) is 0.739. The molecule has 0 amide bonds. The molecular formula is C13H15NO2. The third-order valence-electron chi connectivity index (χ3n) is 2.77. The van der Waals surface area contributed by atoms with Gasteiger partial charge in [-0.1, -0.05) is 13.0 Å². The van der Waals surface area contributed by atoms with E-state index in [2.05, 4.69) is 29.9 Å². The summed E-state index contributed by atoms with van der Waals surface area (Å²) >= 11 is 0. The van der Waals surface area contributed by atoms with Crippen LogP contribution in [0.3, 0.4) is 0 Å². The monoisotopic (exact) mass is 217 g/mol. The molecule has 0 N–H and O–H groups in total. The topological polar surface area (TPSA) is 31.2 Å². The van der Waals surface area contributed by atoms with Crippen LogP contribution in [0.25, 0.3) is 10.9 Å². The predicted molar refractivity (Wildman–Crippen MR) is 63.3 cm³/mol. The summed E-state index contributed by atoms with van der Waals surface area (Å²) < 4.78 is 6.56. The van der Waals surface area contributed by atoms with Gasteiger partial charge in [0.25, 0.3) is 0 Å². The fourth-order valence-corrected chi connectivity index (χ4v) is 1.81. The van der Waals surface area contributed by atoms with E-state index in [-0.39, 0.29) is 12.5 Å². The van der Waals surface area contributed by atoms with Crippen LogP contribution < -0.4 is 0 Å². The van der Waals surface area contributed by atoms with Gasteiger partial charge in [-0.25, -0.2) is 0 Å². The molecule has 0 saturated carbocycles. The third kappa shape index (κ3) is 1.94. The van der Waals surface area contributed by atoms with Crippen LogP contribution in [0.4, 0.5) is 0 Å². The lowest BCUT2D eigenvalue weighted by molar-refractivity contribution is -0.141. The Balaban J connectivity index is 2.37. The Morgan fingerprint density at radius 2 is 2.19 bits per heavy atom. The molecule has 0 radical (unpaired) electrons. The van der Waals surface area contributed by atoms with Crippen molar-refractivity contribution in [2.45, 2.75) is 19.9 Å². The van der Waals surface area contributed by atoms with Crippen LogP contribution in [-0.4, -0.2) is 17.6 Å². The fourth-order valence-electron chi connectivity index (χ4n) is 1.81. The molecule has 0 aliphatic carbocycles. The standard InChI is InChI=1S/C13H15NO2/c1-3-10-4-5-12-11(8-10)6-7-14(12)9-13(15)16-2/h4-8H,3,9H2,1-2H3. The highest BCUT2D eigenvalue weighted by molar-refractivity contribution is 5.82. The van der Waals surface area contributed by atoms with Gasteiger partial charge in [0, 0.05) is 11.7 Å². The molecule has 1 aromatic heterocycles. The maximum absolute atomic E-state index is 11.2. The van der Waals surface area contributed by atoms with E-state index in [1.165, 1.54) is 18.1 Å². The Labute approximate surface area is 94.6 Å². The zero-order valence-electron chi connectivity index (χ0n) is 9.56. The van der Waals surface area contributed by atoms with Crippen molar-refractivity contribution < 1.29 is 9.53 Å². The summed E-state index contributed by atoms with van der Waals surface area (Å²) in [7, 11) is 1.41. The van der Waals surface area contributed by atoms with Crippen molar-refractivity contribution in [2.24, 2.45) is 0 Å². The second kappa shape index (κ2) is 4.39. The van der Waals surface area contributed by atoms with Gasteiger partial charge in [0.1, 0.15) is 6.54 Å². The number of hydrogen-bond acceptors (Lipinski definition) is 2. The van der Waals surface area contributed by atoms with Crippen LogP contribution in [0.2, 0.25) is 0 Å². The number of esters is 1. The molecule has 84 valence electrons. The molecular weight excluding hydrogens is 202 g/mol. The zero-order valence-corrected chi connectivity index (χ0v) is 9.56. The minimum Gasteiger partial charge on any atom is -0.468 e. The minimum atomic E-state index is -0.225. The molecule has 3 heteroatoms. The van der Waals surface area contributed by atoms with Gasteiger partial charge in [0.2, 0.25) is 0 Å². The summed E-state index contributed by atoms with van der Waals surface area (Å²) in [5.74, 6) is -0.225. The molecule has 0 spiro atoms. The normalized spacial score (nSPS) is 10.6. The lowest BCUT2D eigenvalue weighted by Crippen LogP contribution is -2.10. The average molecular weight is 217 g/mol. The summed E-state index contributed by atoms with van der Waals surface area (Å²) in [6.45, 7) is 2.40. The Kier molecular flexibility index (Phi) is 2.95. The molecule has 16 heavy (non-hydrogen) atoms. The van der Waals surface area contributed by atoms with E-state index < -0.39 is 0 Å². The van der Waals surface area contributed by atoms with Crippen LogP contribution in [0, 0.1) is 0 Å². The summed E-state index contributed by atoms with van der Waals surface area (Å²) in [5, 5.41) is 1.17. The van der Waals surface area contributed by atoms with Gasteiger partial charge in [-0.2, -0.15) is 0 Å². The lowest BCUT2D eigenvalue weighted by Gasteiger charge is -2.04. The molecule has 1 heterocycles. The zero-order chi connectivity index (χ0) is 11.5. The summed E-state index contributed by atoms with van der Waals surface area (Å²) in [5.41, 5.74) is 2.38. The first kappa shape index (κ1) is 10.7. The van der Waals surface area contributed by atoms with Gasteiger partial charge >= 0.3 is 5.97 Å². The third-order valence-corrected chi connectivity index (χ3v) is 2.77. The van der Waals surface area contributed by atoms with Crippen molar-refractivity contribution >= 4 is 16.9 Å². The number of fused-ring (bicyclic) bond motifs is 1. The van der Waals surface area contributed by atoms with Gasteiger partial charge in [0.05, 0.1) is 7.11 Å². The first-order valence-electron chi connectivity index (χ1n) is 5.39. The van der Waals surface area contributed by atoms with Crippen LogP contribution in [-0.2, 0) is 22.5 Å². The number of rotatable bonds is 3. The maximum Gasteiger partial charge on any atom is 0.325 e. The number of hydrogen-bond donors (Lipinski definition) is 0. The van der Waals surface area contributed by atoms with Crippen molar-refractivity contribution in [2.75, 3.05) is 7.11 Å². The van der Waals surface area contributed by atoms with Gasteiger partial charge < -0.3 is 9.30 Å². The summed E-state index contributed by atoms with van der Waals surface area (Å²) in [4.78, 5) is 11.2. The molecule has 0 unspecified atom stereocenters. The molecule has 0 atom stereocenters. The van der Waals surface area contributed by atoms with Gasteiger partial charge in [0.15, 0.2) is 0 Å². The molecule has 0 saturated heterocycles. The van der Waals surface area contributed by atoms with Gasteiger partial charge in [-0.3, -0.25) is 4.79 Å². The van der Waals surface area contributed by atoms with Crippen LogP contribution in [0.1, 0.15) is 12.5 Å². The van der Waals surface area contributed by atoms with Crippen LogP contribution >= 0.6 is 0 Å². The molecule has 3 nitrogen and oxygen atoms in total. The highest BCUT2D eigenvalue weighted by Crippen LogP contribution is 2.18. The lowest BCUT2D eigenvalue weighted by atomic mass is 10.1. The van der Waals surface area contributed by atoms with E-state index in [4.69, 9.17) is 0 Å². The minimum absolute atomic E-state index is 0.225. The van der Waals surface area contributed by atoms with E-state index in [1.807, 2.05) is 16.8 Å². The summed E-state index contributed by atoms with van der Waals surface area (Å²) in [6, 6.07) is 8.33. The Bertz CT molecular complexity index is 514. The van der Waals surface area contributed by atoms with Crippen molar-refractivity contribution in [3.8, 4) is 0 Å². The van der Waals surface area contributed by atoms with Gasteiger partial charge in [-0.05, 0) is 35.6 Å². The molecule has 0 bridgehead atoms. The number of ether oxygens (including phenoxy) is 1. The number of carbonyl (C=O) groups excluding carboxylic acids is 1. The van der Waals surface area contributed by atoms with Crippen molar-refractivity contribution in [1.82, 2.24) is 4.57 Å². The van der Waals surface area contributed by atoms with E-state index in [0.717, 1.165) is 11.9 Å². The van der Waals surface area contributed by atoms with E-state index in [9.17, 15) is 4.79 Å². The molecule has 1 aromatic carbocycles. The van der Waals surface area contributed by atoms with Crippen molar-refractivity contribution in [3.63, 3.8) is 0 Å². The van der Waals surface area contributed by atoms with Crippen molar-refractivity contribution in [1.29, 1.82) is 0 Å². The largest absolute Gasteiger partial charge is 0.468 e. The van der Waals surface area contributed by atoms with Crippen LogP contribution in [0.15, 0.2) is 30.5 Å². The first-order chi connectivity index (χ1) is 7.74. The maximum atomic E-state index is 11.2. The SMILES string of the molecule is CCc1ccc2c(ccn2CC(=O)OC)c1. The molecule has 2 aromatic rings. The number of aromatic nitrogens is 1. The fraction of sp³-hybridized carbons (Fsp3) is 0.308. The second-order valence-electron chi connectivity index (χ2n) is 3.77. The Morgan fingerprint density at radius 1 is 1.38 bits per heavy atom. The van der Waals surface area contributed by atoms with Crippen LogP contribution in [0.5, 0.6) is 0 Å². The highest BCUT2D eigenvalue weighted by Gasteiger charge is 2.05. The van der Waals surface area contributed by atoms with Crippen molar-refractivity contribution in [3.05, 3.63) is 36.0 Å². The van der Waals surface area contributed by atoms with E-state index >= 15 is 0 Å². The smallest absolute Gasteiger partial charge is 0.325 e. The number of benzene rings is 1. The Hall–Kier alpha value is -1.77. The number of nitrogens with zero attached hydrogens (tertiary/aromatic N) is 1. The molecule has 0 aliphatic heterocycles. The predicted octanol–water partition coefficient (Wildman–Crippen LogP) is 2.38. The number of methoxy groups -OCH3 is 1. The first-order valence-corrected chi connectivity index (χ1v) is 5.39. The summed E-state index contributed by atoms with van der Waals surface area (Å²) in [6.07, 6.45) is 2.94.